The van der Waals surface area contributed by atoms with Crippen LogP contribution in [0.3, 0.4) is 0 Å². The lowest BCUT2D eigenvalue weighted by Gasteiger charge is -2.34. The van der Waals surface area contributed by atoms with Gasteiger partial charge in [-0.2, -0.15) is 0 Å². The fourth-order valence-corrected chi connectivity index (χ4v) is 2.83. The summed E-state index contributed by atoms with van der Waals surface area (Å²) in [5, 5.41) is 3.44. The maximum Gasteiger partial charge on any atom is 0.263 e. The molecule has 0 spiro atoms. The van der Waals surface area contributed by atoms with Gasteiger partial charge in [-0.25, -0.2) is 8.78 Å². The Hall–Kier alpha value is -1.00. The first-order valence-electron chi connectivity index (χ1n) is 7.52. The van der Waals surface area contributed by atoms with Crippen molar-refractivity contribution in [3.05, 3.63) is 35.4 Å². The monoisotopic (exact) mass is 282 g/mol. The van der Waals surface area contributed by atoms with E-state index in [2.05, 4.69) is 17.1 Å². The molecule has 1 aliphatic heterocycles. The Labute approximate surface area is 120 Å². The molecule has 2 nitrogen and oxygen atoms in total. The van der Waals surface area contributed by atoms with Crippen LogP contribution in [0.1, 0.15) is 43.7 Å². The van der Waals surface area contributed by atoms with Gasteiger partial charge in [0.2, 0.25) is 0 Å². The summed E-state index contributed by atoms with van der Waals surface area (Å²) in [6.07, 6.45) is 1.18. The zero-order chi connectivity index (χ0) is 14.4. The van der Waals surface area contributed by atoms with Crippen molar-refractivity contribution in [2.45, 2.75) is 45.2 Å². The van der Waals surface area contributed by atoms with Gasteiger partial charge in [-0.15, -0.1) is 0 Å². The Morgan fingerprint density at radius 3 is 2.60 bits per heavy atom. The lowest BCUT2D eigenvalue weighted by atomic mass is 10.0. The van der Waals surface area contributed by atoms with Crippen LogP contribution in [0.2, 0.25) is 0 Å². The van der Waals surface area contributed by atoms with Gasteiger partial charge in [-0.1, -0.05) is 31.2 Å². The third kappa shape index (κ3) is 4.25. The van der Waals surface area contributed by atoms with Gasteiger partial charge >= 0.3 is 0 Å². The van der Waals surface area contributed by atoms with E-state index in [-0.39, 0.29) is 5.56 Å². The van der Waals surface area contributed by atoms with Crippen LogP contribution in [-0.4, -0.2) is 30.6 Å². The van der Waals surface area contributed by atoms with E-state index in [9.17, 15) is 8.78 Å². The van der Waals surface area contributed by atoms with E-state index >= 15 is 0 Å². The molecule has 1 aromatic rings. The van der Waals surface area contributed by atoms with Gasteiger partial charge < -0.3 is 5.32 Å². The largest absolute Gasteiger partial charge is 0.315 e. The number of halogens is 2. The lowest BCUT2D eigenvalue weighted by molar-refractivity contribution is 0.150. The van der Waals surface area contributed by atoms with E-state index in [0.29, 0.717) is 6.04 Å². The summed E-state index contributed by atoms with van der Waals surface area (Å²) in [4.78, 5) is 2.48. The number of piperidine rings is 1. The topological polar surface area (TPSA) is 15.3 Å². The van der Waals surface area contributed by atoms with E-state index < -0.39 is 6.43 Å². The lowest BCUT2D eigenvalue weighted by Crippen LogP contribution is -2.45. The van der Waals surface area contributed by atoms with Crippen molar-refractivity contribution in [2.75, 3.05) is 19.6 Å². The highest BCUT2D eigenvalue weighted by Crippen LogP contribution is 2.20. The zero-order valence-corrected chi connectivity index (χ0v) is 12.1. The molecule has 4 heteroatoms. The van der Waals surface area contributed by atoms with Crippen molar-refractivity contribution in [2.24, 2.45) is 0 Å². The minimum Gasteiger partial charge on any atom is -0.315 e. The second-order valence-corrected chi connectivity index (χ2v) is 5.51. The molecule has 112 valence electrons. The van der Waals surface area contributed by atoms with E-state index in [4.69, 9.17) is 0 Å². The van der Waals surface area contributed by atoms with Crippen molar-refractivity contribution in [3.8, 4) is 0 Å². The molecule has 1 unspecified atom stereocenters. The quantitative estimate of drug-likeness (QED) is 0.858. The minimum absolute atomic E-state index is 0.107. The highest BCUT2D eigenvalue weighted by molar-refractivity contribution is 5.23. The molecule has 20 heavy (non-hydrogen) atoms. The second kappa shape index (κ2) is 7.70. The molecule has 0 bridgehead atoms. The first kappa shape index (κ1) is 15.4. The molecule has 0 amide bonds. The van der Waals surface area contributed by atoms with Crippen LogP contribution in [0.4, 0.5) is 8.78 Å². The summed E-state index contributed by atoms with van der Waals surface area (Å²) >= 11 is 0. The molecule has 1 saturated heterocycles. The van der Waals surface area contributed by atoms with Crippen LogP contribution in [0.5, 0.6) is 0 Å². The standard InChI is InChI=1S/C16H24F2N2/c1-2-10-20(15-4-3-9-19-11-15)12-13-5-7-14(8-6-13)16(17)18/h5-8,15-16,19H,2-4,9-12H2,1H3. The van der Waals surface area contributed by atoms with Crippen molar-refractivity contribution < 1.29 is 8.78 Å². The van der Waals surface area contributed by atoms with Crippen LogP contribution in [0.15, 0.2) is 24.3 Å². The second-order valence-electron chi connectivity index (χ2n) is 5.51. The molecule has 1 atom stereocenters. The minimum atomic E-state index is -2.38. The van der Waals surface area contributed by atoms with Gasteiger partial charge in [-0.3, -0.25) is 4.90 Å². The Balaban J connectivity index is 1.99. The summed E-state index contributed by atoms with van der Waals surface area (Å²) in [6.45, 7) is 6.24. The molecule has 0 saturated carbocycles. The predicted octanol–water partition coefficient (Wildman–Crippen LogP) is 3.59. The molecule has 1 N–H and O–H groups in total. The molecule has 1 fully saturated rings. The number of hydrogen-bond acceptors (Lipinski definition) is 2. The molecule has 1 aliphatic rings. The summed E-state index contributed by atoms with van der Waals surface area (Å²) in [6, 6.07) is 7.33. The highest BCUT2D eigenvalue weighted by atomic mass is 19.3. The molecule has 1 aromatic carbocycles. The molecule has 2 rings (SSSR count). The average Bonchev–Trinajstić information content (AvgIpc) is 2.48. The van der Waals surface area contributed by atoms with E-state index in [0.717, 1.165) is 38.2 Å². The maximum absolute atomic E-state index is 12.6. The van der Waals surface area contributed by atoms with E-state index in [1.807, 2.05) is 12.1 Å². The Morgan fingerprint density at radius 2 is 2.05 bits per heavy atom. The van der Waals surface area contributed by atoms with Crippen LogP contribution in [-0.2, 0) is 6.54 Å². The Kier molecular flexibility index (Phi) is 5.92. The summed E-state index contributed by atoms with van der Waals surface area (Å²) < 4.78 is 25.1. The smallest absolute Gasteiger partial charge is 0.263 e. The molecule has 0 radical (unpaired) electrons. The average molecular weight is 282 g/mol. The van der Waals surface area contributed by atoms with Crippen LogP contribution >= 0.6 is 0 Å². The number of nitrogens with one attached hydrogen (secondary N) is 1. The maximum atomic E-state index is 12.6. The van der Waals surface area contributed by atoms with Gasteiger partial charge in [0.05, 0.1) is 0 Å². The zero-order valence-electron chi connectivity index (χ0n) is 12.1. The molecule has 0 aliphatic carbocycles. The van der Waals surface area contributed by atoms with Crippen molar-refractivity contribution in [3.63, 3.8) is 0 Å². The van der Waals surface area contributed by atoms with Gasteiger partial charge in [0.1, 0.15) is 0 Å². The highest BCUT2D eigenvalue weighted by Gasteiger charge is 2.20. The molecular weight excluding hydrogens is 258 g/mol. The summed E-state index contributed by atoms with van der Waals surface area (Å²) in [5.74, 6) is 0. The van der Waals surface area contributed by atoms with E-state index in [1.165, 1.54) is 12.8 Å². The fourth-order valence-electron chi connectivity index (χ4n) is 2.83. The first-order chi connectivity index (χ1) is 9.70. The number of nitrogens with zero attached hydrogens (tertiary/aromatic N) is 1. The number of rotatable bonds is 6. The van der Waals surface area contributed by atoms with Gasteiger partial charge in [0, 0.05) is 24.7 Å². The third-order valence-corrected chi connectivity index (χ3v) is 3.92. The summed E-state index contributed by atoms with van der Waals surface area (Å²) in [5.41, 5.74) is 1.23. The van der Waals surface area contributed by atoms with Crippen LogP contribution in [0.25, 0.3) is 0 Å². The normalized spacial score (nSPS) is 19.8. The van der Waals surface area contributed by atoms with Gasteiger partial charge in [0.25, 0.3) is 6.43 Å². The van der Waals surface area contributed by atoms with Gasteiger partial charge in [-0.05, 0) is 37.9 Å². The first-order valence-corrected chi connectivity index (χ1v) is 7.52. The SMILES string of the molecule is CCCN(Cc1ccc(C(F)F)cc1)C1CCCNC1. The molecule has 0 aromatic heterocycles. The summed E-state index contributed by atoms with van der Waals surface area (Å²) in [7, 11) is 0. The van der Waals surface area contributed by atoms with Gasteiger partial charge in [0.15, 0.2) is 0 Å². The fraction of sp³-hybridized carbons (Fsp3) is 0.625. The van der Waals surface area contributed by atoms with Crippen molar-refractivity contribution in [1.29, 1.82) is 0 Å². The van der Waals surface area contributed by atoms with Crippen LogP contribution in [0, 0.1) is 0 Å². The van der Waals surface area contributed by atoms with Crippen LogP contribution < -0.4 is 5.32 Å². The molecule has 1 heterocycles. The van der Waals surface area contributed by atoms with Crippen molar-refractivity contribution in [1.82, 2.24) is 10.2 Å². The predicted molar refractivity (Wildman–Crippen MR) is 78.0 cm³/mol. The number of alkyl halides is 2. The Morgan fingerprint density at radius 1 is 1.30 bits per heavy atom. The number of hydrogen-bond donors (Lipinski definition) is 1. The third-order valence-electron chi connectivity index (χ3n) is 3.92. The molecular formula is C16H24F2N2. The van der Waals surface area contributed by atoms with E-state index in [1.54, 1.807) is 12.1 Å². The van der Waals surface area contributed by atoms with Crippen molar-refractivity contribution >= 4 is 0 Å². The number of benzene rings is 1. The Bertz CT molecular complexity index is 386.